The molecule has 1 saturated heterocycles. The van der Waals surface area contributed by atoms with Crippen LogP contribution in [0.1, 0.15) is 17.3 Å². The Kier molecular flexibility index (Phi) is 5.06. The standard InChI is InChI=1S/C15H14F3N3O6S/c1-8-7-26-5-4-21(8)12-13(27-28(24,25)15(16,17)18)20-10-3-2-9(14(22)23)6-11(10)19-12/h2-3,6,8H,4-5,7H2,1H3,(H,22,23). The van der Waals surface area contributed by atoms with E-state index in [-0.39, 0.29) is 48.2 Å². The molecule has 0 bridgehead atoms. The van der Waals surface area contributed by atoms with Crippen molar-refractivity contribution in [3.8, 4) is 5.88 Å². The second kappa shape index (κ2) is 7.05. The minimum absolute atomic E-state index is 0.0259. The molecule has 0 spiro atoms. The van der Waals surface area contributed by atoms with E-state index in [2.05, 4.69) is 14.2 Å². The maximum Gasteiger partial charge on any atom is 0.534 e. The molecule has 0 amide bonds. The van der Waals surface area contributed by atoms with Gasteiger partial charge in [-0.3, -0.25) is 0 Å². The van der Waals surface area contributed by atoms with Gasteiger partial charge in [-0.05, 0) is 25.1 Å². The predicted molar refractivity (Wildman–Crippen MR) is 89.7 cm³/mol. The highest BCUT2D eigenvalue weighted by atomic mass is 32.2. The van der Waals surface area contributed by atoms with Crippen LogP contribution in [0.3, 0.4) is 0 Å². The smallest absolute Gasteiger partial charge is 0.478 e. The number of nitrogens with zero attached hydrogens (tertiary/aromatic N) is 3. The van der Waals surface area contributed by atoms with Crippen molar-refractivity contribution in [1.82, 2.24) is 9.97 Å². The number of aromatic carboxylic acids is 1. The number of aromatic nitrogens is 2. The number of halogens is 3. The number of hydrogen-bond acceptors (Lipinski definition) is 8. The second-order valence-electron chi connectivity index (χ2n) is 5.96. The number of morpholine rings is 1. The van der Waals surface area contributed by atoms with Crippen molar-refractivity contribution in [3.05, 3.63) is 23.8 Å². The lowest BCUT2D eigenvalue weighted by Gasteiger charge is -2.34. The van der Waals surface area contributed by atoms with E-state index in [4.69, 9.17) is 9.84 Å². The van der Waals surface area contributed by atoms with Crippen LogP contribution in [0, 0.1) is 0 Å². The molecule has 1 atom stereocenters. The summed E-state index contributed by atoms with van der Waals surface area (Å²) >= 11 is 0. The first-order valence-corrected chi connectivity index (χ1v) is 9.30. The van der Waals surface area contributed by atoms with E-state index in [1.54, 1.807) is 6.92 Å². The normalized spacial score (nSPS) is 18.3. The minimum Gasteiger partial charge on any atom is -0.478 e. The Bertz CT molecular complexity index is 1030. The van der Waals surface area contributed by atoms with Gasteiger partial charge in [-0.25, -0.2) is 14.8 Å². The molecule has 1 aromatic carbocycles. The van der Waals surface area contributed by atoms with E-state index < -0.39 is 27.5 Å². The average molecular weight is 421 g/mol. The summed E-state index contributed by atoms with van der Waals surface area (Å²) in [7, 11) is -5.97. The van der Waals surface area contributed by atoms with E-state index in [9.17, 15) is 26.4 Å². The van der Waals surface area contributed by atoms with Crippen molar-refractivity contribution in [2.75, 3.05) is 24.7 Å². The highest BCUT2D eigenvalue weighted by molar-refractivity contribution is 7.88. The van der Waals surface area contributed by atoms with Gasteiger partial charge in [0.1, 0.15) is 0 Å². The molecular formula is C15H14F3N3O6S. The molecule has 1 fully saturated rings. The zero-order valence-corrected chi connectivity index (χ0v) is 15.1. The lowest BCUT2D eigenvalue weighted by Crippen LogP contribution is -2.44. The van der Waals surface area contributed by atoms with Crippen LogP contribution in [0.15, 0.2) is 18.2 Å². The van der Waals surface area contributed by atoms with Gasteiger partial charge < -0.3 is 18.9 Å². The molecule has 3 rings (SSSR count). The second-order valence-corrected chi connectivity index (χ2v) is 7.50. The predicted octanol–water partition coefficient (Wildman–Crippen LogP) is 1.78. The lowest BCUT2D eigenvalue weighted by atomic mass is 10.2. The molecule has 0 radical (unpaired) electrons. The lowest BCUT2D eigenvalue weighted by molar-refractivity contribution is -0.0501. The van der Waals surface area contributed by atoms with Crippen LogP contribution in [0.2, 0.25) is 0 Å². The van der Waals surface area contributed by atoms with Gasteiger partial charge in [0.15, 0.2) is 5.82 Å². The monoisotopic (exact) mass is 421 g/mol. The first-order valence-electron chi connectivity index (χ1n) is 7.90. The van der Waals surface area contributed by atoms with Crippen molar-refractivity contribution in [3.63, 3.8) is 0 Å². The summed E-state index contributed by atoms with van der Waals surface area (Å²) in [6, 6.07) is 3.18. The molecule has 0 saturated carbocycles. The van der Waals surface area contributed by atoms with Gasteiger partial charge in [0.2, 0.25) is 0 Å². The molecule has 1 aromatic heterocycles. The van der Waals surface area contributed by atoms with Crippen molar-refractivity contribution in [2.45, 2.75) is 18.5 Å². The molecule has 2 aromatic rings. The summed E-state index contributed by atoms with van der Waals surface area (Å²) in [4.78, 5) is 20.6. The van der Waals surface area contributed by atoms with Crippen LogP contribution in [0.25, 0.3) is 11.0 Å². The van der Waals surface area contributed by atoms with Crippen molar-refractivity contribution in [1.29, 1.82) is 0 Å². The number of fused-ring (bicyclic) bond motifs is 1. The summed E-state index contributed by atoms with van der Waals surface area (Å²) in [5.41, 5.74) is -5.73. The molecule has 152 valence electrons. The van der Waals surface area contributed by atoms with Gasteiger partial charge in [0, 0.05) is 6.54 Å². The van der Waals surface area contributed by atoms with Crippen LogP contribution in [-0.2, 0) is 14.9 Å². The molecule has 0 aliphatic carbocycles. The van der Waals surface area contributed by atoms with Crippen LogP contribution in [0.5, 0.6) is 5.88 Å². The molecule has 2 heterocycles. The summed E-state index contributed by atoms with van der Waals surface area (Å²) in [6.45, 7) is 2.34. The van der Waals surface area contributed by atoms with Gasteiger partial charge in [0.05, 0.1) is 35.9 Å². The Balaban J connectivity index is 2.18. The van der Waals surface area contributed by atoms with E-state index in [0.29, 0.717) is 0 Å². The van der Waals surface area contributed by atoms with Crippen LogP contribution in [-0.4, -0.2) is 60.8 Å². The van der Waals surface area contributed by atoms with Crippen LogP contribution < -0.4 is 9.08 Å². The van der Waals surface area contributed by atoms with E-state index in [0.717, 1.165) is 0 Å². The quantitative estimate of drug-likeness (QED) is 0.582. The Morgan fingerprint density at radius 1 is 1.32 bits per heavy atom. The molecule has 1 aliphatic rings. The topological polar surface area (TPSA) is 119 Å². The fraction of sp³-hybridized carbons (Fsp3) is 0.400. The first kappa shape index (κ1) is 20.1. The summed E-state index contributed by atoms with van der Waals surface area (Å²) in [5, 5.41) is 9.10. The third-order valence-electron chi connectivity index (χ3n) is 3.97. The average Bonchev–Trinajstić information content (AvgIpc) is 2.60. The number of carboxylic acids is 1. The fourth-order valence-corrected chi connectivity index (χ4v) is 3.01. The Morgan fingerprint density at radius 3 is 2.64 bits per heavy atom. The SMILES string of the molecule is CC1COCCN1c1nc2cc(C(=O)O)ccc2nc1OS(=O)(=O)C(F)(F)F. The molecule has 9 nitrogen and oxygen atoms in total. The van der Waals surface area contributed by atoms with Crippen LogP contribution >= 0.6 is 0 Å². The van der Waals surface area contributed by atoms with E-state index in [1.807, 2.05) is 0 Å². The van der Waals surface area contributed by atoms with E-state index in [1.165, 1.54) is 23.1 Å². The van der Waals surface area contributed by atoms with Gasteiger partial charge in [-0.15, -0.1) is 0 Å². The minimum atomic E-state index is -5.97. The van der Waals surface area contributed by atoms with Gasteiger partial charge >= 0.3 is 21.6 Å². The third-order valence-corrected chi connectivity index (χ3v) is 4.92. The molecule has 13 heteroatoms. The molecule has 1 N–H and O–H groups in total. The number of rotatable bonds is 4. The highest BCUT2D eigenvalue weighted by Crippen LogP contribution is 2.34. The molecule has 1 unspecified atom stereocenters. The first-order chi connectivity index (χ1) is 13.0. The number of alkyl halides is 3. The van der Waals surface area contributed by atoms with E-state index >= 15 is 0 Å². The van der Waals surface area contributed by atoms with Crippen molar-refractivity contribution in [2.24, 2.45) is 0 Å². The summed E-state index contributed by atoms with van der Waals surface area (Å²) in [6.07, 6.45) is 0. The molecule has 28 heavy (non-hydrogen) atoms. The summed E-state index contributed by atoms with van der Waals surface area (Å²) in [5.74, 6) is -2.33. The number of anilines is 1. The number of benzene rings is 1. The zero-order chi connectivity index (χ0) is 20.7. The Labute approximate surface area is 156 Å². The maximum absolute atomic E-state index is 12.8. The van der Waals surface area contributed by atoms with Gasteiger partial charge in [-0.1, -0.05) is 0 Å². The Morgan fingerprint density at radius 2 is 2.04 bits per heavy atom. The molecular weight excluding hydrogens is 407 g/mol. The highest BCUT2D eigenvalue weighted by Gasteiger charge is 2.49. The zero-order valence-electron chi connectivity index (χ0n) is 14.3. The Hall–Kier alpha value is -2.67. The number of carbonyl (C=O) groups is 1. The molecule has 1 aliphatic heterocycles. The number of hydrogen-bond donors (Lipinski definition) is 1. The number of ether oxygens (including phenoxy) is 1. The van der Waals surface area contributed by atoms with Gasteiger partial charge in [0.25, 0.3) is 5.88 Å². The third kappa shape index (κ3) is 3.80. The van der Waals surface area contributed by atoms with Gasteiger partial charge in [-0.2, -0.15) is 21.6 Å². The maximum atomic E-state index is 12.8. The fourth-order valence-electron chi connectivity index (χ4n) is 2.60. The van der Waals surface area contributed by atoms with Crippen molar-refractivity contribution >= 4 is 32.9 Å². The van der Waals surface area contributed by atoms with Crippen molar-refractivity contribution < 1.29 is 40.4 Å². The van der Waals surface area contributed by atoms with Crippen LogP contribution in [0.4, 0.5) is 19.0 Å². The largest absolute Gasteiger partial charge is 0.534 e. The summed E-state index contributed by atoms with van der Waals surface area (Å²) < 4.78 is 70.8. The number of carboxylic acid groups (broad SMARTS) is 1.